The lowest BCUT2D eigenvalue weighted by molar-refractivity contribution is 0.133. The summed E-state index contributed by atoms with van der Waals surface area (Å²) in [6.07, 6.45) is 4.72. The maximum atomic E-state index is 12.5. The molecule has 0 N–H and O–H groups in total. The Kier molecular flexibility index (Phi) is 2.52. The van der Waals surface area contributed by atoms with Crippen LogP contribution in [0.3, 0.4) is 0 Å². The van der Waals surface area contributed by atoms with Crippen molar-refractivity contribution in [2.75, 3.05) is 6.54 Å². The number of nitrogens with zero attached hydrogens (tertiary/aromatic N) is 2. The highest BCUT2D eigenvalue weighted by Gasteiger charge is 2.48. The molecule has 4 heteroatoms. The number of benzene rings is 1. The Hall–Kier alpha value is -1.55. The topological polar surface area (TPSA) is 35.9 Å². The normalized spacial score (nSPS) is 32.5. The molecule has 2 amide bonds. The van der Waals surface area contributed by atoms with Crippen molar-refractivity contribution in [1.82, 2.24) is 9.96 Å². The Labute approximate surface area is 112 Å². The molecule has 0 aromatic heterocycles. The number of urea groups is 1. The van der Waals surface area contributed by atoms with Crippen LogP contribution in [0.2, 0.25) is 0 Å². The van der Waals surface area contributed by atoms with Crippen molar-refractivity contribution in [3.63, 3.8) is 0 Å². The van der Waals surface area contributed by atoms with Crippen LogP contribution in [0.25, 0.3) is 0 Å². The zero-order valence-corrected chi connectivity index (χ0v) is 10.9. The third kappa shape index (κ3) is 1.91. The molecule has 0 spiro atoms. The summed E-state index contributed by atoms with van der Waals surface area (Å²) in [5.74, 6) is 0.720. The van der Waals surface area contributed by atoms with Crippen LogP contribution in [0.4, 0.5) is 4.79 Å². The number of fused-ring (bicyclic) bond motifs is 2. The largest absolute Gasteiger partial charge is 0.347 e. The van der Waals surface area contributed by atoms with Gasteiger partial charge in [0.2, 0.25) is 6.23 Å². The molecule has 3 fully saturated rings. The summed E-state index contributed by atoms with van der Waals surface area (Å²) in [6.45, 7) is 0.921. The SMILES string of the molecule is O=C(N1CC2CCCC1C2)N1OC1c1ccccc1. The molecule has 3 unspecified atom stereocenters. The van der Waals surface area contributed by atoms with E-state index in [2.05, 4.69) is 0 Å². The van der Waals surface area contributed by atoms with E-state index in [1.165, 1.54) is 24.3 Å². The van der Waals surface area contributed by atoms with Crippen LogP contribution >= 0.6 is 0 Å². The average molecular weight is 258 g/mol. The maximum absolute atomic E-state index is 12.5. The molecule has 1 aromatic rings. The van der Waals surface area contributed by atoms with Crippen molar-refractivity contribution in [1.29, 1.82) is 0 Å². The van der Waals surface area contributed by atoms with Gasteiger partial charge in [-0.1, -0.05) is 36.8 Å². The van der Waals surface area contributed by atoms with E-state index in [0.29, 0.717) is 6.04 Å². The van der Waals surface area contributed by atoms with Gasteiger partial charge in [0.15, 0.2) is 0 Å². The van der Waals surface area contributed by atoms with Crippen LogP contribution < -0.4 is 0 Å². The predicted molar refractivity (Wildman–Crippen MR) is 70.0 cm³/mol. The average Bonchev–Trinajstić information content (AvgIpc) is 3.20. The second kappa shape index (κ2) is 4.23. The van der Waals surface area contributed by atoms with E-state index in [1.54, 1.807) is 0 Å². The van der Waals surface area contributed by atoms with Gasteiger partial charge < -0.3 is 4.90 Å². The van der Waals surface area contributed by atoms with Crippen molar-refractivity contribution < 1.29 is 9.63 Å². The fourth-order valence-electron chi connectivity index (χ4n) is 3.54. The molecular formula is C15H18N2O2. The van der Waals surface area contributed by atoms with E-state index < -0.39 is 0 Å². The van der Waals surface area contributed by atoms with Gasteiger partial charge in [0.25, 0.3) is 0 Å². The van der Waals surface area contributed by atoms with Gasteiger partial charge in [-0.2, -0.15) is 5.06 Å². The predicted octanol–water partition coefficient (Wildman–Crippen LogP) is 2.93. The standard InChI is InChI=1S/C15H18N2O2/c18-15(16-10-11-5-4-8-13(16)9-11)17-14(19-17)12-6-2-1-3-7-12/h1-3,6-7,11,13-14H,4-5,8-10H2. The molecule has 2 aliphatic heterocycles. The fourth-order valence-corrected chi connectivity index (χ4v) is 3.54. The van der Waals surface area contributed by atoms with Gasteiger partial charge in [0.05, 0.1) is 0 Å². The molecule has 1 aromatic carbocycles. The van der Waals surface area contributed by atoms with E-state index in [1.807, 2.05) is 35.2 Å². The first-order chi connectivity index (χ1) is 9.33. The first-order valence-electron chi connectivity index (χ1n) is 7.14. The summed E-state index contributed by atoms with van der Waals surface area (Å²) >= 11 is 0. The van der Waals surface area contributed by atoms with Crippen LogP contribution in [-0.4, -0.2) is 28.6 Å². The number of amides is 2. The summed E-state index contributed by atoms with van der Waals surface area (Å²) < 4.78 is 0. The van der Waals surface area contributed by atoms with E-state index in [9.17, 15) is 4.79 Å². The highest BCUT2D eigenvalue weighted by Crippen LogP contribution is 2.42. The van der Waals surface area contributed by atoms with Gasteiger partial charge in [-0.25, -0.2) is 9.63 Å². The Bertz CT molecular complexity index is 490. The lowest BCUT2D eigenvalue weighted by Crippen LogP contribution is -2.38. The minimum atomic E-state index is -0.172. The van der Waals surface area contributed by atoms with Crippen LogP contribution in [0.15, 0.2) is 30.3 Å². The minimum Gasteiger partial charge on any atom is -0.320 e. The fraction of sp³-hybridized carbons (Fsp3) is 0.533. The zero-order valence-electron chi connectivity index (χ0n) is 10.9. The first-order valence-corrected chi connectivity index (χ1v) is 7.14. The quantitative estimate of drug-likeness (QED) is 0.726. The highest BCUT2D eigenvalue weighted by atomic mass is 16.8. The van der Waals surface area contributed by atoms with Crippen LogP contribution in [0, 0.1) is 5.92 Å². The molecule has 2 heterocycles. The Morgan fingerprint density at radius 3 is 2.84 bits per heavy atom. The Balaban J connectivity index is 1.46. The van der Waals surface area contributed by atoms with Gasteiger partial charge in [-0.15, -0.1) is 0 Å². The second-order valence-electron chi connectivity index (χ2n) is 5.82. The minimum absolute atomic E-state index is 0.0586. The molecule has 3 aliphatic rings. The van der Waals surface area contributed by atoms with Crippen LogP contribution in [0.1, 0.15) is 37.5 Å². The molecule has 100 valence electrons. The number of hydroxylamine groups is 2. The molecule has 3 atom stereocenters. The molecule has 1 saturated carbocycles. The van der Waals surface area contributed by atoms with E-state index in [0.717, 1.165) is 24.4 Å². The van der Waals surface area contributed by atoms with Gasteiger partial charge in [-0.3, -0.25) is 0 Å². The van der Waals surface area contributed by atoms with E-state index >= 15 is 0 Å². The molecular weight excluding hydrogens is 240 g/mol. The van der Waals surface area contributed by atoms with Gasteiger partial charge in [0.1, 0.15) is 0 Å². The molecule has 19 heavy (non-hydrogen) atoms. The first kappa shape index (κ1) is 11.3. The highest BCUT2D eigenvalue weighted by molar-refractivity contribution is 5.76. The van der Waals surface area contributed by atoms with Crippen molar-refractivity contribution in [3.8, 4) is 0 Å². The summed E-state index contributed by atoms with van der Waals surface area (Å²) in [7, 11) is 0. The lowest BCUT2D eigenvalue weighted by Gasteiger charge is -2.23. The molecule has 4 rings (SSSR count). The molecule has 1 aliphatic carbocycles. The van der Waals surface area contributed by atoms with Crippen molar-refractivity contribution in [2.45, 2.75) is 38.0 Å². The second-order valence-corrected chi connectivity index (χ2v) is 5.82. The van der Waals surface area contributed by atoms with E-state index in [-0.39, 0.29) is 12.3 Å². The summed E-state index contributed by atoms with van der Waals surface area (Å²) in [4.78, 5) is 20.0. The molecule has 0 radical (unpaired) electrons. The number of carbonyl (C=O) groups is 1. The van der Waals surface area contributed by atoms with Crippen LogP contribution in [0.5, 0.6) is 0 Å². The summed E-state index contributed by atoms with van der Waals surface area (Å²) in [5.41, 5.74) is 1.05. The monoisotopic (exact) mass is 258 g/mol. The van der Waals surface area contributed by atoms with Crippen molar-refractivity contribution >= 4 is 6.03 Å². The third-order valence-corrected chi connectivity index (χ3v) is 4.55. The number of hydrogen-bond acceptors (Lipinski definition) is 2. The van der Waals surface area contributed by atoms with Crippen LogP contribution in [-0.2, 0) is 4.84 Å². The van der Waals surface area contributed by atoms with Crippen molar-refractivity contribution in [2.24, 2.45) is 5.92 Å². The summed E-state index contributed by atoms with van der Waals surface area (Å²) in [6, 6.07) is 10.4. The Morgan fingerprint density at radius 1 is 1.21 bits per heavy atom. The van der Waals surface area contributed by atoms with Gasteiger partial charge in [-0.05, 0) is 25.2 Å². The number of hydrogen-bond donors (Lipinski definition) is 0. The smallest absolute Gasteiger partial charge is 0.320 e. The molecule has 2 bridgehead atoms. The number of carbonyl (C=O) groups excluding carboxylic acids is 1. The third-order valence-electron chi connectivity index (χ3n) is 4.55. The lowest BCUT2D eigenvalue weighted by atomic mass is 9.91. The molecule has 4 nitrogen and oxygen atoms in total. The van der Waals surface area contributed by atoms with Gasteiger partial charge in [0, 0.05) is 18.2 Å². The molecule has 2 saturated heterocycles. The summed E-state index contributed by atoms with van der Waals surface area (Å²) in [5, 5.41) is 1.52. The van der Waals surface area contributed by atoms with E-state index in [4.69, 9.17) is 4.84 Å². The zero-order chi connectivity index (χ0) is 12.8. The van der Waals surface area contributed by atoms with Crippen molar-refractivity contribution in [3.05, 3.63) is 35.9 Å². The number of rotatable bonds is 1. The maximum Gasteiger partial charge on any atom is 0.347 e. The Morgan fingerprint density at radius 2 is 2.05 bits per heavy atom. The van der Waals surface area contributed by atoms with Gasteiger partial charge >= 0.3 is 6.03 Å². The number of likely N-dealkylation sites (tertiary alicyclic amines) is 1.